The second kappa shape index (κ2) is 7.51. The molecule has 1 fully saturated rings. The van der Waals surface area contributed by atoms with Crippen LogP contribution in [-0.2, 0) is 11.2 Å². The van der Waals surface area contributed by atoms with Crippen molar-refractivity contribution < 1.29 is 4.79 Å². The maximum Gasteiger partial charge on any atom is 0.221 e. The van der Waals surface area contributed by atoms with E-state index in [1.807, 2.05) is 6.07 Å². The van der Waals surface area contributed by atoms with Crippen LogP contribution in [0.15, 0.2) is 24.3 Å². The Bertz CT molecular complexity index is 886. The van der Waals surface area contributed by atoms with Crippen molar-refractivity contribution in [3.8, 4) is 11.3 Å². The summed E-state index contributed by atoms with van der Waals surface area (Å²) in [5.74, 6) is 1.32. The number of aromatic nitrogens is 2. The number of nitrogens with zero attached hydrogens (tertiary/aromatic N) is 4. The predicted molar refractivity (Wildman–Crippen MR) is 113 cm³/mol. The Hall–Kier alpha value is -2.47. The first-order chi connectivity index (χ1) is 13.4. The van der Waals surface area contributed by atoms with Crippen LogP contribution in [0.4, 0.5) is 11.5 Å². The average molecular weight is 380 g/mol. The molecule has 2 aromatic rings. The largest absolute Gasteiger partial charge is 0.353 e. The smallest absolute Gasteiger partial charge is 0.221 e. The van der Waals surface area contributed by atoms with E-state index in [9.17, 15) is 4.79 Å². The molecule has 0 spiro atoms. The van der Waals surface area contributed by atoms with Gasteiger partial charge in [-0.1, -0.05) is 13.0 Å². The Morgan fingerprint density at radius 1 is 1.14 bits per heavy atom. The zero-order valence-corrected chi connectivity index (χ0v) is 17.2. The van der Waals surface area contributed by atoms with E-state index in [4.69, 9.17) is 0 Å². The van der Waals surface area contributed by atoms with Crippen molar-refractivity contribution in [1.29, 1.82) is 0 Å². The monoisotopic (exact) mass is 379 g/mol. The number of amides is 1. The number of fused-ring (bicyclic) bond motifs is 3. The van der Waals surface area contributed by atoms with Crippen molar-refractivity contribution in [2.45, 2.75) is 46.1 Å². The normalized spacial score (nSPS) is 19.3. The van der Waals surface area contributed by atoms with Crippen LogP contribution in [0.1, 0.15) is 44.7 Å². The highest BCUT2D eigenvalue weighted by Gasteiger charge is 2.26. The van der Waals surface area contributed by atoms with Crippen LogP contribution >= 0.6 is 0 Å². The summed E-state index contributed by atoms with van der Waals surface area (Å²) in [5, 5.41) is 12.1. The van der Waals surface area contributed by atoms with Crippen molar-refractivity contribution in [2.75, 3.05) is 36.4 Å². The van der Waals surface area contributed by atoms with E-state index >= 15 is 0 Å². The number of rotatable bonds is 3. The summed E-state index contributed by atoms with van der Waals surface area (Å²) in [4.78, 5) is 16.2. The van der Waals surface area contributed by atoms with E-state index < -0.39 is 0 Å². The predicted octanol–water partition coefficient (Wildman–Crippen LogP) is 3.29. The Kier molecular flexibility index (Phi) is 5.06. The van der Waals surface area contributed by atoms with E-state index in [1.54, 1.807) is 0 Å². The summed E-state index contributed by atoms with van der Waals surface area (Å²) in [6.45, 7) is 12.4. The number of nitrogens with one attached hydrogen (secondary N) is 1. The highest BCUT2D eigenvalue weighted by Crippen LogP contribution is 2.40. The van der Waals surface area contributed by atoms with Gasteiger partial charge in [0.25, 0.3) is 0 Å². The maximum absolute atomic E-state index is 11.3. The molecule has 6 heteroatoms. The molecule has 2 heterocycles. The lowest BCUT2D eigenvalue weighted by atomic mass is 9.82. The lowest BCUT2D eigenvalue weighted by Gasteiger charge is -2.37. The van der Waals surface area contributed by atoms with Gasteiger partial charge in [-0.25, -0.2) is 0 Å². The third-order valence-corrected chi connectivity index (χ3v) is 5.92. The molecular weight excluding hydrogens is 350 g/mol. The molecule has 0 radical (unpaired) electrons. The third kappa shape index (κ3) is 3.61. The summed E-state index contributed by atoms with van der Waals surface area (Å²) < 4.78 is 0. The number of hydrogen-bond donors (Lipinski definition) is 1. The second-order valence-corrected chi connectivity index (χ2v) is 8.28. The number of carbonyl (C=O) groups excluding carboxylic acids is 1. The lowest BCUT2D eigenvalue weighted by molar-refractivity contribution is -0.114. The van der Waals surface area contributed by atoms with Crippen LogP contribution < -0.4 is 10.2 Å². The van der Waals surface area contributed by atoms with Crippen molar-refractivity contribution in [3.63, 3.8) is 0 Å². The van der Waals surface area contributed by atoms with Gasteiger partial charge in [0.05, 0.1) is 5.69 Å². The quantitative estimate of drug-likeness (QED) is 0.887. The first-order valence-electron chi connectivity index (χ1n) is 10.2. The van der Waals surface area contributed by atoms with Gasteiger partial charge < -0.3 is 10.2 Å². The highest BCUT2D eigenvalue weighted by molar-refractivity contribution is 5.89. The fourth-order valence-corrected chi connectivity index (χ4v) is 4.32. The molecule has 1 amide bonds. The van der Waals surface area contributed by atoms with Gasteiger partial charge in [0.1, 0.15) is 0 Å². The first-order valence-corrected chi connectivity index (χ1v) is 10.2. The van der Waals surface area contributed by atoms with Gasteiger partial charge in [0, 0.05) is 50.4 Å². The maximum atomic E-state index is 11.3. The zero-order chi connectivity index (χ0) is 19.8. The SMILES string of the molecule is CC(=O)Nc1ccc2c(c1)CC(C)c1cc(N3CCN(C(C)C)CC3)nnc1-2. The molecule has 1 aliphatic carbocycles. The minimum Gasteiger partial charge on any atom is -0.353 e. The van der Waals surface area contributed by atoms with Crippen LogP contribution in [-0.4, -0.2) is 53.2 Å². The Morgan fingerprint density at radius 2 is 1.89 bits per heavy atom. The molecular formula is C22H29N5O. The van der Waals surface area contributed by atoms with Gasteiger partial charge in [-0.05, 0) is 55.5 Å². The second-order valence-electron chi connectivity index (χ2n) is 8.28. The molecule has 1 N–H and O–H groups in total. The van der Waals surface area contributed by atoms with Gasteiger partial charge in [0.2, 0.25) is 5.91 Å². The summed E-state index contributed by atoms with van der Waals surface area (Å²) in [6.07, 6.45) is 0.946. The number of piperazine rings is 1. The summed E-state index contributed by atoms with van der Waals surface area (Å²) >= 11 is 0. The van der Waals surface area contributed by atoms with Gasteiger partial charge in [0.15, 0.2) is 5.82 Å². The Morgan fingerprint density at radius 3 is 2.57 bits per heavy atom. The van der Waals surface area contributed by atoms with E-state index in [2.05, 4.69) is 64.3 Å². The van der Waals surface area contributed by atoms with Crippen molar-refractivity contribution in [1.82, 2.24) is 15.1 Å². The standard InChI is InChI=1S/C22H29N5O/c1-14(2)26-7-9-27(10-8-26)21-13-20-15(3)11-17-12-18(23-16(4)28)5-6-19(17)22(20)25-24-21/h5-6,12-15H,7-11H2,1-4H3,(H,23,28). The highest BCUT2D eigenvalue weighted by atomic mass is 16.1. The molecule has 1 aromatic carbocycles. The molecule has 148 valence electrons. The molecule has 1 atom stereocenters. The summed E-state index contributed by atoms with van der Waals surface area (Å²) in [6, 6.07) is 8.90. The summed E-state index contributed by atoms with van der Waals surface area (Å²) in [7, 11) is 0. The first kappa shape index (κ1) is 18.9. The van der Waals surface area contributed by atoms with Crippen molar-refractivity contribution in [2.24, 2.45) is 0 Å². The molecule has 0 saturated carbocycles. The minimum absolute atomic E-state index is 0.0498. The third-order valence-electron chi connectivity index (χ3n) is 5.92. The minimum atomic E-state index is -0.0498. The average Bonchev–Trinajstić information content (AvgIpc) is 2.67. The molecule has 1 unspecified atom stereocenters. The topological polar surface area (TPSA) is 61.4 Å². The number of anilines is 2. The fraction of sp³-hybridized carbons (Fsp3) is 0.500. The van der Waals surface area contributed by atoms with E-state index in [0.717, 1.165) is 55.4 Å². The van der Waals surface area contributed by atoms with Gasteiger partial charge >= 0.3 is 0 Å². The van der Waals surface area contributed by atoms with Crippen LogP contribution in [0.25, 0.3) is 11.3 Å². The van der Waals surface area contributed by atoms with Gasteiger partial charge in [-0.3, -0.25) is 9.69 Å². The Labute approximate surface area is 166 Å². The van der Waals surface area contributed by atoms with Crippen molar-refractivity contribution >= 4 is 17.4 Å². The Balaban J connectivity index is 1.60. The van der Waals surface area contributed by atoms with E-state index in [1.165, 1.54) is 18.1 Å². The van der Waals surface area contributed by atoms with E-state index in [0.29, 0.717) is 12.0 Å². The van der Waals surface area contributed by atoms with E-state index in [-0.39, 0.29) is 5.91 Å². The summed E-state index contributed by atoms with van der Waals surface area (Å²) in [5.41, 5.74) is 5.45. The fourth-order valence-electron chi connectivity index (χ4n) is 4.32. The van der Waals surface area contributed by atoms with Gasteiger partial charge in [-0.2, -0.15) is 0 Å². The van der Waals surface area contributed by atoms with Crippen LogP contribution in [0.2, 0.25) is 0 Å². The molecule has 4 rings (SSSR count). The number of carbonyl (C=O) groups is 1. The van der Waals surface area contributed by atoms with Gasteiger partial charge in [-0.15, -0.1) is 10.2 Å². The molecule has 0 bridgehead atoms. The zero-order valence-electron chi connectivity index (χ0n) is 17.2. The molecule has 2 aliphatic rings. The molecule has 28 heavy (non-hydrogen) atoms. The van der Waals surface area contributed by atoms with Crippen LogP contribution in [0.3, 0.4) is 0 Å². The number of hydrogen-bond acceptors (Lipinski definition) is 5. The molecule has 1 saturated heterocycles. The van der Waals surface area contributed by atoms with Crippen LogP contribution in [0.5, 0.6) is 0 Å². The number of benzene rings is 1. The lowest BCUT2D eigenvalue weighted by Crippen LogP contribution is -2.49. The molecule has 6 nitrogen and oxygen atoms in total. The van der Waals surface area contributed by atoms with Crippen LogP contribution in [0, 0.1) is 0 Å². The molecule has 1 aliphatic heterocycles. The molecule has 1 aromatic heterocycles. The van der Waals surface area contributed by atoms with Crippen molar-refractivity contribution in [3.05, 3.63) is 35.4 Å².